The number of allylic oxidation sites excluding steroid dienone is 6. The van der Waals surface area contributed by atoms with Crippen LogP contribution >= 0.6 is 0 Å². The monoisotopic (exact) mass is 542 g/mol. The number of nitrogens with zero attached hydrogens (tertiary/aromatic N) is 1. The molecular formula is C39H44NO+. The Morgan fingerprint density at radius 3 is 1.83 bits per heavy atom. The molecule has 2 aliphatic rings. The molecule has 3 aromatic rings. The second kappa shape index (κ2) is 10.5. The van der Waals surface area contributed by atoms with Crippen molar-refractivity contribution in [2.75, 3.05) is 7.05 Å². The number of fused-ring (bicyclic) bond motifs is 1. The molecule has 0 saturated carbocycles. The predicted molar refractivity (Wildman–Crippen MR) is 175 cm³/mol. The molecule has 0 atom stereocenters. The minimum Gasteiger partial charge on any atom is -0.457 e. The molecule has 41 heavy (non-hydrogen) atoms. The number of benzene rings is 3. The molecule has 5 rings (SSSR count). The molecule has 3 aromatic carbocycles. The highest BCUT2D eigenvalue weighted by Gasteiger charge is 2.42. The van der Waals surface area contributed by atoms with Crippen LogP contribution in [0, 0.1) is 0 Å². The van der Waals surface area contributed by atoms with E-state index in [1.165, 1.54) is 33.7 Å². The topological polar surface area (TPSA) is 12.2 Å². The van der Waals surface area contributed by atoms with E-state index >= 15 is 0 Å². The van der Waals surface area contributed by atoms with E-state index in [4.69, 9.17) is 4.74 Å². The van der Waals surface area contributed by atoms with Crippen molar-refractivity contribution >= 4 is 22.7 Å². The van der Waals surface area contributed by atoms with Crippen LogP contribution < -0.4 is 0 Å². The highest BCUT2D eigenvalue weighted by Crippen LogP contribution is 2.39. The van der Waals surface area contributed by atoms with Crippen molar-refractivity contribution in [2.24, 2.45) is 0 Å². The summed E-state index contributed by atoms with van der Waals surface area (Å²) in [5, 5.41) is 0. The van der Waals surface area contributed by atoms with Gasteiger partial charge in [-0.25, -0.2) is 0 Å². The van der Waals surface area contributed by atoms with Gasteiger partial charge in [0.1, 0.15) is 18.6 Å². The van der Waals surface area contributed by atoms with Crippen LogP contribution in [-0.2, 0) is 21.0 Å². The summed E-state index contributed by atoms with van der Waals surface area (Å²) >= 11 is 0. The largest absolute Gasteiger partial charge is 0.457 e. The van der Waals surface area contributed by atoms with Crippen molar-refractivity contribution in [3.8, 4) is 0 Å². The third kappa shape index (κ3) is 5.79. The Bertz CT molecular complexity index is 1610. The summed E-state index contributed by atoms with van der Waals surface area (Å²) in [6.07, 6.45) is 10.7. The Kier molecular flexibility index (Phi) is 7.32. The third-order valence-electron chi connectivity index (χ3n) is 8.39. The normalized spacial score (nSPS) is 17.9. The van der Waals surface area contributed by atoms with Gasteiger partial charge in [-0.3, -0.25) is 0 Å². The van der Waals surface area contributed by atoms with Gasteiger partial charge < -0.3 is 4.74 Å². The van der Waals surface area contributed by atoms with Crippen molar-refractivity contribution < 1.29 is 9.31 Å². The van der Waals surface area contributed by atoms with Crippen molar-refractivity contribution in [3.63, 3.8) is 0 Å². The molecule has 0 aliphatic carbocycles. The lowest BCUT2D eigenvalue weighted by atomic mass is 9.81. The van der Waals surface area contributed by atoms with Crippen LogP contribution in [0.4, 0.5) is 5.69 Å². The summed E-state index contributed by atoms with van der Waals surface area (Å²) in [6, 6.07) is 26.4. The van der Waals surface area contributed by atoms with E-state index in [-0.39, 0.29) is 16.2 Å². The summed E-state index contributed by atoms with van der Waals surface area (Å²) in [7, 11) is 2.15. The van der Waals surface area contributed by atoms with Crippen molar-refractivity contribution in [2.45, 2.75) is 71.6 Å². The fraction of sp³-hybridized carbons (Fsp3) is 0.308. The van der Waals surface area contributed by atoms with E-state index in [0.29, 0.717) is 0 Å². The van der Waals surface area contributed by atoms with E-state index < -0.39 is 0 Å². The zero-order valence-corrected chi connectivity index (χ0v) is 26.2. The van der Waals surface area contributed by atoms with E-state index in [0.717, 1.165) is 22.7 Å². The van der Waals surface area contributed by atoms with Gasteiger partial charge in [-0.2, -0.15) is 4.58 Å². The molecule has 0 aromatic heterocycles. The molecule has 0 amide bonds. The van der Waals surface area contributed by atoms with Gasteiger partial charge in [-0.15, -0.1) is 0 Å². The molecule has 0 bridgehead atoms. The summed E-state index contributed by atoms with van der Waals surface area (Å²) in [4.78, 5) is 0. The second-order valence-electron chi connectivity index (χ2n) is 13.9. The average molecular weight is 543 g/mol. The van der Waals surface area contributed by atoms with Gasteiger partial charge in [0, 0.05) is 23.3 Å². The van der Waals surface area contributed by atoms with Gasteiger partial charge in [0.2, 0.25) is 5.69 Å². The first-order valence-corrected chi connectivity index (χ1v) is 14.7. The third-order valence-corrected chi connectivity index (χ3v) is 8.39. The number of para-hydroxylation sites is 1. The van der Waals surface area contributed by atoms with Crippen LogP contribution in [0.5, 0.6) is 0 Å². The Labute approximate surface area is 247 Å². The van der Waals surface area contributed by atoms with E-state index in [1.54, 1.807) is 0 Å². The van der Waals surface area contributed by atoms with Gasteiger partial charge in [-0.05, 0) is 65.2 Å². The quantitative estimate of drug-likeness (QED) is 0.299. The fourth-order valence-corrected chi connectivity index (χ4v) is 5.75. The predicted octanol–water partition coefficient (Wildman–Crippen LogP) is 9.88. The lowest BCUT2D eigenvalue weighted by Gasteiger charge is -2.22. The van der Waals surface area contributed by atoms with Crippen LogP contribution in [0.25, 0.3) is 11.3 Å². The summed E-state index contributed by atoms with van der Waals surface area (Å²) in [5.41, 5.74) is 10.1. The Morgan fingerprint density at radius 2 is 1.27 bits per heavy atom. The summed E-state index contributed by atoms with van der Waals surface area (Å²) in [6.45, 7) is 18.1. The molecule has 0 spiro atoms. The van der Waals surface area contributed by atoms with E-state index in [1.807, 2.05) is 0 Å². The molecule has 0 radical (unpaired) electrons. The standard InChI is InChI=1S/C39H44NO/c1-37(2,3)30-21-17-27(18-22-30)29-25-32(41-35(26-29)28-19-23-31(24-20-28)38(4,5)6)13-12-16-36-39(7,8)33-14-10-11-15-34(33)40(36)9/h10-26H,1-9H3/q+1/b16-12+,32-13+. The number of rotatable bonds is 4. The molecule has 2 nitrogen and oxygen atoms in total. The van der Waals surface area contributed by atoms with Gasteiger partial charge >= 0.3 is 0 Å². The molecule has 0 saturated heterocycles. The number of hydrogen-bond acceptors (Lipinski definition) is 1. The van der Waals surface area contributed by atoms with Crippen molar-refractivity contribution in [3.05, 3.63) is 137 Å². The number of ether oxygens (including phenoxy) is 1. The minimum atomic E-state index is -0.0660. The maximum Gasteiger partial charge on any atom is 0.209 e. The maximum absolute atomic E-state index is 6.50. The highest BCUT2D eigenvalue weighted by atomic mass is 16.5. The van der Waals surface area contributed by atoms with Crippen LogP contribution in [0.1, 0.15) is 83.2 Å². The average Bonchev–Trinajstić information content (AvgIpc) is 3.12. The first-order chi connectivity index (χ1) is 19.2. The molecule has 2 heteroatoms. The first-order valence-electron chi connectivity index (χ1n) is 14.7. The molecular weight excluding hydrogens is 498 g/mol. The smallest absolute Gasteiger partial charge is 0.209 e. The number of hydrogen-bond donors (Lipinski definition) is 0. The van der Waals surface area contributed by atoms with Gasteiger partial charge in [-0.1, -0.05) is 114 Å². The summed E-state index contributed by atoms with van der Waals surface area (Å²) in [5.74, 6) is 1.69. The van der Waals surface area contributed by atoms with Crippen LogP contribution in [0.2, 0.25) is 0 Å². The Morgan fingerprint density at radius 1 is 0.707 bits per heavy atom. The van der Waals surface area contributed by atoms with Crippen molar-refractivity contribution in [1.82, 2.24) is 0 Å². The lowest BCUT2D eigenvalue weighted by Crippen LogP contribution is -2.26. The fourth-order valence-electron chi connectivity index (χ4n) is 5.75. The summed E-state index contributed by atoms with van der Waals surface area (Å²) < 4.78 is 8.80. The van der Waals surface area contributed by atoms with Gasteiger partial charge in [0.15, 0.2) is 5.71 Å². The molecule has 0 unspecified atom stereocenters. The van der Waals surface area contributed by atoms with E-state index in [9.17, 15) is 0 Å². The molecule has 2 aliphatic heterocycles. The minimum absolute atomic E-state index is 0.0660. The highest BCUT2D eigenvalue weighted by molar-refractivity contribution is 6.03. The van der Waals surface area contributed by atoms with Gasteiger partial charge in [0.05, 0.1) is 5.41 Å². The molecule has 0 fully saturated rings. The SMILES string of the molecule is C[N+]1=C(/C=C/C=C2\C=C(c3ccc(C(C)(C)C)cc3)C=C(c3ccc(C(C)(C)C)cc3)O2)C(C)(C)c2ccccc21. The van der Waals surface area contributed by atoms with Crippen LogP contribution in [0.3, 0.4) is 0 Å². The van der Waals surface area contributed by atoms with E-state index in [2.05, 4.69) is 170 Å². The zero-order chi connectivity index (χ0) is 29.6. The molecule has 2 heterocycles. The maximum atomic E-state index is 6.50. The molecule has 0 N–H and O–H groups in total. The zero-order valence-electron chi connectivity index (χ0n) is 26.2. The van der Waals surface area contributed by atoms with Crippen molar-refractivity contribution in [1.29, 1.82) is 0 Å². The Balaban J connectivity index is 1.51. The molecule has 210 valence electrons. The van der Waals surface area contributed by atoms with Crippen LogP contribution in [-0.4, -0.2) is 17.3 Å². The first kappa shape index (κ1) is 28.6. The lowest BCUT2D eigenvalue weighted by molar-refractivity contribution is -0.401. The Hall–Kier alpha value is -3.91. The van der Waals surface area contributed by atoms with Crippen LogP contribution in [0.15, 0.2) is 109 Å². The second-order valence-corrected chi connectivity index (χ2v) is 13.9. The van der Waals surface area contributed by atoms with Gasteiger partial charge in [0.25, 0.3) is 0 Å².